The second-order valence-corrected chi connectivity index (χ2v) is 10.3. The fraction of sp³-hybridized carbons (Fsp3) is 0.172. The van der Waals surface area contributed by atoms with Gasteiger partial charge in [-0.15, -0.1) is 18.3 Å². The Balaban J connectivity index is 1.24. The molecule has 5 rings (SSSR count). The normalized spacial score (nSPS) is 15.7. The summed E-state index contributed by atoms with van der Waals surface area (Å²) in [6.45, 7) is 3.77. The third-order valence-corrected chi connectivity index (χ3v) is 7.20. The quantitative estimate of drug-likeness (QED) is 0.194. The monoisotopic (exact) mass is 612 g/mol. The highest BCUT2D eigenvalue weighted by Crippen LogP contribution is 2.32. The molecule has 9 nitrogen and oxygen atoms in total. The number of ether oxygens (including phenoxy) is 1. The summed E-state index contributed by atoms with van der Waals surface area (Å²) in [4.78, 5) is 22.4. The zero-order valence-electron chi connectivity index (χ0n) is 22.7. The molecule has 1 aliphatic heterocycles. The number of amides is 1. The Bertz CT molecular complexity index is 1670. The van der Waals surface area contributed by atoms with E-state index in [0.29, 0.717) is 27.9 Å². The van der Waals surface area contributed by atoms with Crippen LogP contribution in [0, 0.1) is 13.8 Å². The summed E-state index contributed by atoms with van der Waals surface area (Å²) in [5.74, 6) is -0.710. The second kappa shape index (κ2) is 12.3. The van der Waals surface area contributed by atoms with E-state index in [1.165, 1.54) is 51.9 Å². The number of carbonyl (C=O) groups excluding carboxylic acids is 1. The van der Waals surface area contributed by atoms with E-state index in [-0.39, 0.29) is 23.0 Å². The van der Waals surface area contributed by atoms with Crippen molar-refractivity contribution in [1.82, 2.24) is 20.1 Å². The van der Waals surface area contributed by atoms with Crippen molar-refractivity contribution in [3.63, 3.8) is 0 Å². The Labute approximate surface area is 247 Å². The highest BCUT2D eigenvalue weighted by Gasteiger charge is 2.32. The molecule has 1 aromatic heterocycles. The van der Waals surface area contributed by atoms with Crippen molar-refractivity contribution in [3.8, 4) is 22.8 Å². The highest BCUT2D eigenvalue weighted by molar-refractivity contribution is 8.15. The Morgan fingerprint density at radius 3 is 2.42 bits per heavy atom. The van der Waals surface area contributed by atoms with Crippen molar-refractivity contribution in [2.45, 2.75) is 26.6 Å². The largest absolute Gasteiger partial charge is 0.573 e. The average molecular weight is 613 g/mol. The number of nitrogens with one attached hydrogen (secondary N) is 1. The minimum atomic E-state index is -4.79. The lowest BCUT2D eigenvalue weighted by Gasteiger charge is -2.21. The molecule has 222 valence electrons. The number of alkyl halides is 3. The minimum Gasteiger partial charge on any atom is -0.406 e. The van der Waals surface area contributed by atoms with Crippen LogP contribution in [0.25, 0.3) is 22.9 Å². The zero-order valence-corrected chi connectivity index (χ0v) is 23.5. The number of carbonyl (C=O) groups is 1. The SMILES string of the molecule is Cc1cccc(C)c1N1C(=O)CS/C1=N\C(O)N/C=C(\F)c1ccc(-c2ncn(-c3ccc(OC(F)(F)F)cc3)n2)cc1. The number of aryl methyl sites for hydroxylation is 2. The van der Waals surface area contributed by atoms with Gasteiger partial charge in [-0.2, -0.15) is 0 Å². The number of aromatic nitrogens is 3. The van der Waals surface area contributed by atoms with Gasteiger partial charge in [0.2, 0.25) is 12.3 Å². The van der Waals surface area contributed by atoms with Crippen LogP contribution in [0.4, 0.5) is 23.2 Å². The van der Waals surface area contributed by atoms with E-state index < -0.39 is 18.5 Å². The molecule has 0 saturated carbocycles. The van der Waals surface area contributed by atoms with Crippen LogP contribution in [0.5, 0.6) is 5.75 Å². The number of para-hydroxylation sites is 1. The van der Waals surface area contributed by atoms with Crippen LogP contribution in [0.2, 0.25) is 0 Å². The van der Waals surface area contributed by atoms with Gasteiger partial charge in [-0.1, -0.05) is 54.2 Å². The second-order valence-electron chi connectivity index (χ2n) is 9.33. The van der Waals surface area contributed by atoms with Crippen molar-refractivity contribution in [1.29, 1.82) is 0 Å². The Hall–Kier alpha value is -4.69. The summed E-state index contributed by atoms with van der Waals surface area (Å²) in [6, 6.07) is 17.0. The molecule has 0 radical (unpaired) electrons. The molecular weight excluding hydrogens is 588 g/mol. The number of benzene rings is 3. The molecule has 43 heavy (non-hydrogen) atoms. The van der Waals surface area contributed by atoms with Gasteiger partial charge >= 0.3 is 6.36 Å². The predicted molar refractivity (Wildman–Crippen MR) is 155 cm³/mol. The summed E-state index contributed by atoms with van der Waals surface area (Å²) in [5, 5.41) is 17.5. The van der Waals surface area contributed by atoms with E-state index in [2.05, 4.69) is 25.1 Å². The summed E-state index contributed by atoms with van der Waals surface area (Å²) < 4.78 is 57.3. The molecule has 0 bridgehead atoms. The number of nitrogens with zero attached hydrogens (tertiary/aromatic N) is 5. The number of rotatable bonds is 8. The molecule has 1 atom stereocenters. The van der Waals surface area contributed by atoms with E-state index in [0.717, 1.165) is 29.5 Å². The van der Waals surface area contributed by atoms with E-state index >= 15 is 0 Å². The van der Waals surface area contributed by atoms with E-state index in [1.54, 1.807) is 12.1 Å². The number of anilines is 1. The van der Waals surface area contributed by atoms with E-state index in [4.69, 9.17) is 0 Å². The van der Waals surface area contributed by atoms with Crippen molar-refractivity contribution in [2.75, 3.05) is 10.7 Å². The van der Waals surface area contributed by atoms with E-state index in [1.807, 2.05) is 32.0 Å². The predicted octanol–water partition coefficient (Wildman–Crippen LogP) is 5.72. The molecule has 1 aliphatic rings. The third kappa shape index (κ3) is 7.04. The number of aliphatic hydroxyl groups is 1. The maximum Gasteiger partial charge on any atom is 0.573 e. The van der Waals surface area contributed by atoms with Crippen LogP contribution in [0.15, 0.2) is 84.2 Å². The van der Waals surface area contributed by atoms with Gasteiger partial charge in [0.25, 0.3) is 0 Å². The maximum absolute atomic E-state index is 14.9. The fourth-order valence-corrected chi connectivity index (χ4v) is 5.19. The third-order valence-electron chi connectivity index (χ3n) is 6.27. The number of hydrogen-bond acceptors (Lipinski definition) is 8. The Kier molecular flexibility index (Phi) is 8.50. The standard InChI is InChI=1S/C29H24F4N6O3S/c1-17-4-3-5-18(2)25(17)39-24(40)15-43-28(39)36-27(41)34-14-23(30)19-6-8-20(9-7-19)26-35-16-38(37-26)21-10-12-22(13-11-21)42-29(31,32)33/h3-14,16,27,34,41H,15H2,1-2H3/b23-14-,36-28-. The first-order valence-corrected chi connectivity index (χ1v) is 13.8. The van der Waals surface area contributed by atoms with Crippen LogP contribution in [0.1, 0.15) is 16.7 Å². The van der Waals surface area contributed by atoms with Crippen molar-refractivity contribution < 1.29 is 32.2 Å². The Morgan fingerprint density at radius 1 is 1.09 bits per heavy atom. The van der Waals surface area contributed by atoms with Crippen molar-refractivity contribution in [2.24, 2.45) is 4.99 Å². The first-order valence-electron chi connectivity index (χ1n) is 12.8. The number of amidine groups is 1. The molecule has 1 saturated heterocycles. The molecule has 3 aromatic carbocycles. The Morgan fingerprint density at radius 2 is 1.77 bits per heavy atom. The van der Waals surface area contributed by atoms with Gasteiger partial charge in [-0.25, -0.2) is 19.0 Å². The van der Waals surface area contributed by atoms with Crippen LogP contribution in [-0.2, 0) is 4.79 Å². The van der Waals surface area contributed by atoms with Gasteiger partial charge in [0, 0.05) is 17.3 Å². The topological polar surface area (TPSA) is 105 Å². The number of hydrogen-bond donors (Lipinski definition) is 2. The number of aliphatic hydroxyl groups excluding tert-OH is 1. The van der Waals surface area contributed by atoms with Crippen LogP contribution in [-0.4, -0.2) is 49.4 Å². The number of thioether (sulfide) groups is 1. The van der Waals surface area contributed by atoms with Crippen LogP contribution in [0.3, 0.4) is 0 Å². The first-order chi connectivity index (χ1) is 20.5. The molecule has 1 fully saturated rings. The summed E-state index contributed by atoms with van der Waals surface area (Å²) >= 11 is 1.18. The molecule has 4 aromatic rings. The van der Waals surface area contributed by atoms with Gasteiger partial charge in [-0.05, 0) is 49.2 Å². The minimum absolute atomic E-state index is 0.164. The van der Waals surface area contributed by atoms with Crippen molar-refractivity contribution in [3.05, 3.63) is 95.9 Å². The number of aliphatic imine (C=N–C) groups is 1. The average Bonchev–Trinajstić information content (AvgIpc) is 3.59. The molecular formula is C29H24F4N6O3S. The van der Waals surface area contributed by atoms with Crippen LogP contribution < -0.4 is 15.0 Å². The highest BCUT2D eigenvalue weighted by atomic mass is 32.2. The van der Waals surface area contributed by atoms with Gasteiger partial charge in [0.1, 0.15) is 17.9 Å². The molecule has 2 N–H and O–H groups in total. The smallest absolute Gasteiger partial charge is 0.406 e. The molecule has 14 heteroatoms. The molecule has 2 heterocycles. The molecule has 0 aliphatic carbocycles. The molecule has 0 spiro atoms. The van der Waals surface area contributed by atoms with Gasteiger partial charge in [0.05, 0.1) is 17.1 Å². The summed E-state index contributed by atoms with van der Waals surface area (Å²) in [5.41, 5.74) is 3.72. The lowest BCUT2D eigenvalue weighted by molar-refractivity contribution is -0.274. The summed E-state index contributed by atoms with van der Waals surface area (Å²) in [6.07, 6.45) is -3.92. The maximum atomic E-state index is 14.9. The van der Waals surface area contributed by atoms with Gasteiger partial charge in [0.15, 0.2) is 11.0 Å². The lowest BCUT2D eigenvalue weighted by atomic mass is 10.1. The lowest BCUT2D eigenvalue weighted by Crippen LogP contribution is -2.33. The zero-order chi connectivity index (χ0) is 30.7. The number of halogens is 4. The van der Waals surface area contributed by atoms with Crippen molar-refractivity contribution >= 4 is 34.4 Å². The van der Waals surface area contributed by atoms with Gasteiger partial charge in [-0.3, -0.25) is 9.69 Å². The van der Waals surface area contributed by atoms with Gasteiger partial charge < -0.3 is 15.2 Å². The van der Waals surface area contributed by atoms with Crippen LogP contribution >= 0.6 is 11.8 Å². The van der Waals surface area contributed by atoms with E-state index in [9.17, 15) is 27.5 Å². The fourth-order valence-electron chi connectivity index (χ4n) is 4.31. The molecule has 1 amide bonds. The first kappa shape index (κ1) is 29.8. The molecule has 1 unspecified atom stereocenters. The summed E-state index contributed by atoms with van der Waals surface area (Å²) in [7, 11) is 0.